The molecule has 0 heterocycles. The fourth-order valence-corrected chi connectivity index (χ4v) is 0.454. The van der Waals surface area contributed by atoms with Crippen molar-refractivity contribution in [2.75, 3.05) is 0 Å². The summed E-state index contributed by atoms with van der Waals surface area (Å²) in [5.41, 5.74) is 12.7. The van der Waals surface area contributed by atoms with Gasteiger partial charge in [0.1, 0.15) is 0 Å². The van der Waals surface area contributed by atoms with Gasteiger partial charge in [0.05, 0.1) is 0 Å². The van der Waals surface area contributed by atoms with E-state index in [2.05, 4.69) is 0 Å². The van der Waals surface area contributed by atoms with Crippen LogP contribution in [0.3, 0.4) is 0 Å². The van der Waals surface area contributed by atoms with E-state index in [9.17, 15) is 9.59 Å². The monoisotopic (exact) mass is 261 g/mol. The van der Waals surface area contributed by atoms with E-state index in [0.717, 1.165) is 12.8 Å². The molecule has 4 nitrogen and oxygen atoms in total. The zero-order chi connectivity index (χ0) is 9.98. The maximum atomic E-state index is 9.71. The van der Waals surface area contributed by atoms with Crippen LogP contribution in [0.1, 0.15) is 39.5 Å². The van der Waals surface area contributed by atoms with Crippen molar-refractivity contribution in [1.29, 1.82) is 0 Å². The zero-order valence-electron chi connectivity index (χ0n) is 8.22. The molecular formula is C8H16N2O2Y+. The third kappa shape index (κ3) is 33.3. The molecule has 0 rings (SSSR count). The average molecular weight is 261 g/mol. The summed E-state index contributed by atoms with van der Waals surface area (Å²) in [6.07, 6.45) is 2.39. The second-order valence-corrected chi connectivity index (χ2v) is 2.35. The van der Waals surface area contributed by atoms with Gasteiger partial charge in [-0.25, -0.2) is 0 Å². The van der Waals surface area contributed by atoms with Crippen molar-refractivity contribution in [2.45, 2.75) is 39.5 Å². The molecule has 0 bridgehead atoms. The van der Waals surface area contributed by atoms with Gasteiger partial charge in [-0.15, -0.1) is 0 Å². The summed E-state index contributed by atoms with van der Waals surface area (Å²) in [6.45, 7) is 3.76. The van der Waals surface area contributed by atoms with Gasteiger partial charge in [-0.3, -0.25) is 0 Å². The van der Waals surface area contributed by atoms with E-state index in [1.165, 1.54) is 0 Å². The van der Waals surface area contributed by atoms with Crippen molar-refractivity contribution in [3.05, 3.63) is 11.5 Å². The van der Waals surface area contributed by atoms with Crippen LogP contribution in [0.4, 0.5) is 0 Å². The smallest absolute Gasteiger partial charge is 0.668 e. The summed E-state index contributed by atoms with van der Waals surface area (Å²) in [5.74, 6) is -0.921. The number of rotatable bonds is 4. The minimum atomic E-state index is -0.461. The molecule has 0 saturated carbocycles. The van der Waals surface area contributed by atoms with Crippen LogP contribution in [-0.2, 0) is 42.3 Å². The molecule has 72 valence electrons. The van der Waals surface area contributed by atoms with Crippen LogP contribution in [0.25, 0.3) is 11.5 Å². The number of nitrogens with one attached hydrogen (secondary N) is 2. The Morgan fingerprint density at radius 1 is 0.923 bits per heavy atom. The Morgan fingerprint density at radius 3 is 1.15 bits per heavy atom. The molecule has 0 atom stereocenters. The Morgan fingerprint density at radius 2 is 1.15 bits per heavy atom. The standard InChI is InChI=1S/2C4H9NO.Y/c2*1-2-3-4(5)6;/h2*2-3H2,1H3,(H2,5,6);/q;;+3/p-2. The Hall–Kier alpha value is 0.0439. The van der Waals surface area contributed by atoms with Gasteiger partial charge in [0.15, 0.2) is 0 Å². The molecule has 0 spiro atoms. The van der Waals surface area contributed by atoms with Gasteiger partial charge in [0, 0.05) is 11.8 Å². The fourth-order valence-electron chi connectivity index (χ4n) is 0.454. The molecule has 5 heteroatoms. The van der Waals surface area contributed by atoms with Gasteiger partial charge in [-0.2, -0.15) is 0 Å². The molecule has 0 aromatic heterocycles. The quantitative estimate of drug-likeness (QED) is 0.779. The van der Waals surface area contributed by atoms with E-state index in [0.29, 0.717) is 12.8 Å². The third-order valence-electron chi connectivity index (χ3n) is 0.954. The molecule has 0 aliphatic rings. The summed E-state index contributed by atoms with van der Waals surface area (Å²) < 4.78 is 0. The first kappa shape index (κ1) is 18.8. The molecule has 2 amide bonds. The van der Waals surface area contributed by atoms with Gasteiger partial charge < -0.3 is 21.1 Å². The summed E-state index contributed by atoms with van der Waals surface area (Å²) in [6, 6.07) is 0. The van der Waals surface area contributed by atoms with E-state index < -0.39 is 11.8 Å². The van der Waals surface area contributed by atoms with E-state index in [4.69, 9.17) is 11.5 Å². The van der Waals surface area contributed by atoms with Crippen molar-refractivity contribution in [2.24, 2.45) is 0 Å². The molecule has 0 aliphatic heterocycles. The molecular weight excluding hydrogens is 245 g/mol. The van der Waals surface area contributed by atoms with Crippen LogP contribution in [-0.4, -0.2) is 11.8 Å². The molecule has 0 unspecified atom stereocenters. The Labute approximate surface area is 105 Å². The number of hydrogen-bond acceptors (Lipinski definition) is 2. The van der Waals surface area contributed by atoms with Crippen molar-refractivity contribution >= 4 is 11.8 Å². The normalized spacial score (nSPS) is 7.54. The molecule has 0 fully saturated rings. The number of carbonyl (C=O) groups is 2. The average Bonchev–Trinajstić information content (AvgIpc) is 1.87. The van der Waals surface area contributed by atoms with E-state index in [1.54, 1.807) is 0 Å². The molecule has 0 radical (unpaired) electrons. The second-order valence-electron chi connectivity index (χ2n) is 2.35. The molecule has 0 saturated heterocycles. The summed E-state index contributed by atoms with van der Waals surface area (Å²) in [5, 5.41) is 0. The van der Waals surface area contributed by atoms with Gasteiger partial charge in [0.25, 0.3) is 0 Å². The van der Waals surface area contributed by atoms with Crippen LogP contribution < -0.4 is 0 Å². The Kier molecular flexibility index (Phi) is 21.0. The van der Waals surface area contributed by atoms with Crippen LogP contribution in [0, 0.1) is 0 Å². The largest absolute Gasteiger partial charge is 3.00 e. The summed E-state index contributed by atoms with van der Waals surface area (Å²) >= 11 is 0. The predicted molar refractivity (Wildman–Crippen MR) is 48.5 cm³/mol. The molecule has 0 aromatic carbocycles. The number of carbonyl (C=O) groups excluding carboxylic acids is 2. The molecule has 0 aliphatic carbocycles. The maximum absolute atomic E-state index is 9.71. The van der Waals surface area contributed by atoms with E-state index in [1.807, 2.05) is 13.8 Å². The molecule has 0 aromatic rings. The van der Waals surface area contributed by atoms with Gasteiger partial charge in [-0.05, 0) is 12.8 Å². The van der Waals surface area contributed by atoms with Gasteiger partial charge >= 0.3 is 32.7 Å². The zero-order valence-corrected chi connectivity index (χ0v) is 11.1. The number of amides is 2. The van der Waals surface area contributed by atoms with Crippen LogP contribution in [0.5, 0.6) is 0 Å². The van der Waals surface area contributed by atoms with Gasteiger partial charge in [0.2, 0.25) is 0 Å². The van der Waals surface area contributed by atoms with Crippen LogP contribution >= 0.6 is 0 Å². The summed E-state index contributed by atoms with van der Waals surface area (Å²) in [4.78, 5) is 19.4. The van der Waals surface area contributed by atoms with E-state index in [-0.39, 0.29) is 32.7 Å². The topological polar surface area (TPSA) is 81.7 Å². The van der Waals surface area contributed by atoms with Crippen LogP contribution in [0.2, 0.25) is 0 Å². The Balaban J connectivity index is -0.000000143. The van der Waals surface area contributed by atoms with Crippen molar-refractivity contribution in [1.82, 2.24) is 0 Å². The minimum absolute atomic E-state index is 0. The van der Waals surface area contributed by atoms with Crippen molar-refractivity contribution in [3.63, 3.8) is 0 Å². The summed E-state index contributed by atoms with van der Waals surface area (Å²) in [7, 11) is 0. The van der Waals surface area contributed by atoms with Crippen LogP contribution in [0.15, 0.2) is 0 Å². The van der Waals surface area contributed by atoms with Crippen molar-refractivity contribution < 1.29 is 42.3 Å². The minimum Gasteiger partial charge on any atom is -0.668 e. The SMILES string of the molecule is CCCC([NH-])=O.CCCC([NH-])=O.[Y+3]. The van der Waals surface area contributed by atoms with E-state index >= 15 is 0 Å². The maximum Gasteiger partial charge on any atom is 3.00 e. The fraction of sp³-hybridized carbons (Fsp3) is 0.750. The first-order chi connectivity index (χ1) is 5.54. The van der Waals surface area contributed by atoms with Gasteiger partial charge in [-0.1, -0.05) is 26.7 Å². The Bertz CT molecular complexity index is 124. The molecule has 13 heavy (non-hydrogen) atoms. The molecule has 2 N–H and O–H groups in total. The number of hydrogen-bond donors (Lipinski definition) is 0. The van der Waals surface area contributed by atoms with Crippen molar-refractivity contribution in [3.8, 4) is 0 Å². The predicted octanol–water partition coefficient (Wildman–Crippen LogP) is 2.73. The third-order valence-corrected chi connectivity index (χ3v) is 0.954. The second kappa shape index (κ2) is 14.6. The first-order valence-electron chi connectivity index (χ1n) is 4.03. The first-order valence-corrected chi connectivity index (χ1v) is 4.03.